The van der Waals surface area contributed by atoms with Crippen LogP contribution >= 0.6 is 0 Å². The first kappa shape index (κ1) is 10.5. The molecule has 1 rings (SSSR count). The molecule has 1 aromatic heterocycles. The summed E-state index contributed by atoms with van der Waals surface area (Å²) < 4.78 is 4.41. The van der Waals surface area contributed by atoms with Crippen LogP contribution in [0.2, 0.25) is 0 Å². The number of hydrogen-bond donors (Lipinski definition) is 2. The zero-order chi connectivity index (χ0) is 7.40. The maximum absolute atomic E-state index is 8.30. The van der Waals surface area contributed by atoms with E-state index in [-0.39, 0.29) is 24.7 Å². The predicted molar refractivity (Wildman–Crippen MR) is 42.2 cm³/mol. The molecule has 1 aromatic rings. The molecule has 2 N–H and O–H groups in total. The molecule has 0 radical (unpaired) electrons. The molecule has 6 heteroatoms. The first-order valence-corrected chi connectivity index (χ1v) is 2.73. The minimum absolute atomic E-state index is 0. The third-order valence-electron chi connectivity index (χ3n) is 0.864. The second-order valence-electron chi connectivity index (χ2n) is 1.61. The molecule has 0 saturated carbocycles. The van der Waals surface area contributed by atoms with Crippen LogP contribution in [0.25, 0.3) is 0 Å². The van der Waals surface area contributed by atoms with E-state index in [9.17, 15) is 0 Å². The molecule has 11 heavy (non-hydrogen) atoms. The van der Waals surface area contributed by atoms with Crippen molar-refractivity contribution in [3.63, 3.8) is 0 Å². The minimum atomic E-state index is -1.80. The van der Waals surface area contributed by atoms with Crippen LogP contribution < -0.4 is 4.65 Å². The third kappa shape index (κ3) is 4.07. The second-order valence-corrected chi connectivity index (χ2v) is 1.61. The van der Waals surface area contributed by atoms with Crippen molar-refractivity contribution in [1.82, 2.24) is 4.98 Å². The summed E-state index contributed by atoms with van der Waals surface area (Å²) in [6.07, 6.45) is 1.50. The quantitative estimate of drug-likeness (QED) is 0.514. The van der Waals surface area contributed by atoms with E-state index in [1.165, 1.54) is 12.3 Å². The fraction of sp³-hybridized carbons (Fsp3) is 0. The van der Waals surface area contributed by atoms with Gasteiger partial charge in [-0.15, -0.1) is 0 Å². The van der Waals surface area contributed by atoms with Gasteiger partial charge in [0.2, 0.25) is 0 Å². The predicted octanol–water partition coefficient (Wildman–Crippen LogP) is -1.22. The van der Waals surface area contributed by atoms with Gasteiger partial charge in [0.25, 0.3) is 0 Å². The Morgan fingerprint density at radius 1 is 1.36 bits per heavy atom. The molecule has 0 saturated heterocycles. The molecule has 0 bridgehead atoms. The van der Waals surface area contributed by atoms with Gasteiger partial charge in [-0.05, 0) is 12.1 Å². The topological polar surface area (TPSA) is 62.6 Å². The van der Waals surface area contributed by atoms with E-state index in [0.29, 0.717) is 0 Å². The molecule has 0 aliphatic carbocycles. The van der Waals surface area contributed by atoms with Crippen LogP contribution in [0.15, 0.2) is 24.4 Å². The Labute approximate surface area is 76.6 Å². The number of hydrogen-bond acceptors (Lipinski definition) is 4. The van der Waals surface area contributed by atoms with Crippen LogP contribution in [-0.4, -0.2) is 41.2 Å². The fourth-order valence-electron chi connectivity index (χ4n) is 0.525. The SMILES string of the molecule is OB(O)Oc1ccccn1.[LiH]. The summed E-state index contributed by atoms with van der Waals surface area (Å²) in [5, 5.41) is 16.6. The maximum atomic E-state index is 8.30. The van der Waals surface area contributed by atoms with Gasteiger partial charge in [-0.1, -0.05) is 6.07 Å². The van der Waals surface area contributed by atoms with Crippen LogP contribution in [0.5, 0.6) is 5.88 Å². The number of aromatic nitrogens is 1. The first-order chi connectivity index (χ1) is 4.79. The molecule has 0 aromatic carbocycles. The molecule has 0 fully saturated rings. The summed E-state index contributed by atoms with van der Waals surface area (Å²) in [7, 11) is -1.80. The molecular weight excluding hydrogens is 140 g/mol. The summed E-state index contributed by atoms with van der Waals surface area (Å²) in [6.45, 7) is 0. The van der Waals surface area contributed by atoms with Gasteiger partial charge in [-0.2, -0.15) is 0 Å². The van der Waals surface area contributed by atoms with Gasteiger partial charge in [0.1, 0.15) is 0 Å². The summed E-state index contributed by atoms with van der Waals surface area (Å²) in [4.78, 5) is 3.68. The van der Waals surface area contributed by atoms with Crippen LogP contribution in [-0.2, 0) is 0 Å². The monoisotopic (exact) mass is 147 g/mol. The molecule has 1 heterocycles. The van der Waals surface area contributed by atoms with Gasteiger partial charge in [0.15, 0.2) is 5.88 Å². The zero-order valence-corrected chi connectivity index (χ0v) is 5.14. The fourth-order valence-corrected chi connectivity index (χ4v) is 0.525. The van der Waals surface area contributed by atoms with Crippen LogP contribution in [0, 0.1) is 0 Å². The molecular formula is C5H7BLiNO3. The van der Waals surface area contributed by atoms with Gasteiger partial charge in [0.05, 0.1) is 0 Å². The average Bonchev–Trinajstić information content (AvgIpc) is 1.88. The molecule has 0 aliphatic rings. The summed E-state index contributed by atoms with van der Waals surface area (Å²) >= 11 is 0. The average molecular weight is 147 g/mol. The Hall–Kier alpha value is -0.468. The second kappa shape index (κ2) is 5.22. The van der Waals surface area contributed by atoms with E-state index in [4.69, 9.17) is 10.0 Å². The van der Waals surface area contributed by atoms with Crippen LogP contribution in [0.1, 0.15) is 0 Å². The molecule has 0 aliphatic heterocycles. The number of pyridine rings is 1. The van der Waals surface area contributed by atoms with Gasteiger partial charge in [-0.25, -0.2) is 4.98 Å². The number of nitrogens with zero attached hydrogens (tertiary/aromatic N) is 1. The van der Waals surface area contributed by atoms with Crippen molar-refractivity contribution in [2.45, 2.75) is 0 Å². The molecule has 54 valence electrons. The Kier molecular flexibility index (Phi) is 5.00. The van der Waals surface area contributed by atoms with E-state index < -0.39 is 7.32 Å². The molecule has 4 nitrogen and oxygen atoms in total. The van der Waals surface area contributed by atoms with Crippen molar-refractivity contribution in [1.29, 1.82) is 0 Å². The van der Waals surface area contributed by atoms with Crippen molar-refractivity contribution >= 4 is 26.2 Å². The van der Waals surface area contributed by atoms with E-state index in [1.54, 1.807) is 12.1 Å². The normalized spacial score (nSPS) is 8.18. The molecule has 0 spiro atoms. The van der Waals surface area contributed by atoms with Crippen molar-refractivity contribution in [3.8, 4) is 5.88 Å². The first-order valence-electron chi connectivity index (χ1n) is 2.73. The van der Waals surface area contributed by atoms with Crippen molar-refractivity contribution < 1.29 is 14.7 Å². The van der Waals surface area contributed by atoms with E-state index in [0.717, 1.165) is 0 Å². The van der Waals surface area contributed by atoms with Gasteiger partial charge in [-0.3, -0.25) is 0 Å². The van der Waals surface area contributed by atoms with Crippen LogP contribution in [0.4, 0.5) is 0 Å². The van der Waals surface area contributed by atoms with Crippen molar-refractivity contribution in [2.75, 3.05) is 0 Å². The molecule has 0 amide bonds. The third-order valence-corrected chi connectivity index (χ3v) is 0.864. The van der Waals surface area contributed by atoms with Gasteiger partial charge in [0, 0.05) is 6.20 Å². The van der Waals surface area contributed by atoms with E-state index in [2.05, 4.69) is 9.64 Å². The van der Waals surface area contributed by atoms with E-state index in [1.807, 2.05) is 0 Å². The van der Waals surface area contributed by atoms with Crippen molar-refractivity contribution in [3.05, 3.63) is 24.4 Å². The summed E-state index contributed by atoms with van der Waals surface area (Å²) in [5.74, 6) is 0.192. The zero-order valence-electron chi connectivity index (χ0n) is 5.14. The Morgan fingerprint density at radius 2 is 2.09 bits per heavy atom. The Bertz CT molecular complexity index is 196. The molecule has 0 unspecified atom stereocenters. The summed E-state index contributed by atoms with van der Waals surface area (Å²) in [6, 6.07) is 4.92. The standard InChI is InChI=1S/C5H6BNO3.Li.H/c8-6(9)10-5-3-1-2-4-7-5;;/h1-4,8-9H;;. The van der Waals surface area contributed by atoms with Gasteiger partial charge < -0.3 is 14.7 Å². The van der Waals surface area contributed by atoms with Gasteiger partial charge >= 0.3 is 26.2 Å². The van der Waals surface area contributed by atoms with E-state index >= 15 is 0 Å². The van der Waals surface area contributed by atoms with Crippen molar-refractivity contribution in [2.24, 2.45) is 0 Å². The Morgan fingerprint density at radius 3 is 2.55 bits per heavy atom. The summed E-state index contributed by atoms with van der Waals surface area (Å²) in [5.41, 5.74) is 0. The molecule has 0 atom stereocenters. The Balaban J connectivity index is 0.000001000. The number of rotatable bonds is 2. The van der Waals surface area contributed by atoms with Crippen LogP contribution in [0.3, 0.4) is 0 Å².